The fourth-order valence-electron chi connectivity index (χ4n) is 3.06. The van der Waals surface area contributed by atoms with Crippen molar-refractivity contribution in [1.29, 1.82) is 0 Å². The van der Waals surface area contributed by atoms with E-state index in [9.17, 15) is 4.79 Å². The molecule has 2 atom stereocenters. The minimum absolute atomic E-state index is 0.0459. The number of carbonyl (C=O) groups excluding carboxylic acids is 1. The van der Waals surface area contributed by atoms with Crippen LogP contribution in [0.15, 0.2) is 29.2 Å². The number of hydrogen-bond acceptors (Lipinski definition) is 3. The van der Waals surface area contributed by atoms with E-state index in [0.717, 1.165) is 37.8 Å². The molecule has 4 heteroatoms. The number of thioether (sulfide) groups is 1. The quantitative estimate of drug-likeness (QED) is 0.790. The lowest BCUT2D eigenvalue weighted by Gasteiger charge is -2.29. The number of benzene rings is 1. The lowest BCUT2D eigenvalue weighted by molar-refractivity contribution is -0.128. The van der Waals surface area contributed by atoms with Crippen molar-refractivity contribution in [2.45, 2.75) is 56.0 Å². The Labute approximate surface area is 132 Å². The van der Waals surface area contributed by atoms with Gasteiger partial charge in [-0.2, -0.15) is 0 Å². The van der Waals surface area contributed by atoms with Crippen LogP contribution in [0, 0.1) is 0 Å². The van der Waals surface area contributed by atoms with Crippen LogP contribution in [0.2, 0.25) is 0 Å². The molecule has 3 nitrogen and oxygen atoms in total. The molecule has 21 heavy (non-hydrogen) atoms. The van der Waals surface area contributed by atoms with Crippen molar-refractivity contribution >= 4 is 17.7 Å². The summed E-state index contributed by atoms with van der Waals surface area (Å²) in [5.41, 5.74) is 0.813. The molecule has 0 saturated carbocycles. The van der Waals surface area contributed by atoms with Gasteiger partial charge in [-0.05, 0) is 56.7 Å². The average Bonchev–Trinajstić information content (AvgIpc) is 2.97. The fraction of sp³-hybridized carbons (Fsp3) is 0.588. The van der Waals surface area contributed by atoms with Crippen LogP contribution in [0.5, 0.6) is 0 Å². The van der Waals surface area contributed by atoms with Gasteiger partial charge in [0.1, 0.15) is 0 Å². The first-order chi connectivity index (χ1) is 10.1. The van der Waals surface area contributed by atoms with Crippen molar-refractivity contribution in [2.75, 3.05) is 12.8 Å². The Kier molecular flexibility index (Phi) is 5.71. The maximum absolute atomic E-state index is 12.7. The molecule has 1 aliphatic heterocycles. The van der Waals surface area contributed by atoms with Gasteiger partial charge in [-0.25, -0.2) is 0 Å². The Bertz CT molecular complexity index is 466. The predicted octanol–water partition coefficient (Wildman–Crippen LogP) is 3.51. The molecule has 2 N–H and O–H groups in total. The molecule has 1 aliphatic rings. The molecule has 1 amide bonds. The smallest absolute Gasteiger partial charge is 0.240 e. The van der Waals surface area contributed by atoms with Gasteiger partial charge in [0, 0.05) is 4.90 Å². The van der Waals surface area contributed by atoms with Crippen molar-refractivity contribution < 1.29 is 4.79 Å². The van der Waals surface area contributed by atoms with Gasteiger partial charge >= 0.3 is 0 Å². The van der Waals surface area contributed by atoms with Gasteiger partial charge < -0.3 is 10.6 Å². The third-order valence-electron chi connectivity index (χ3n) is 4.32. The summed E-state index contributed by atoms with van der Waals surface area (Å²) in [6, 6.07) is 8.47. The summed E-state index contributed by atoms with van der Waals surface area (Å²) in [5, 5.41) is 6.62. The van der Waals surface area contributed by atoms with Crippen molar-refractivity contribution in [3.05, 3.63) is 29.8 Å². The zero-order valence-electron chi connectivity index (χ0n) is 13.2. The highest BCUT2D eigenvalue weighted by Gasteiger charge is 2.40. The molecule has 2 unspecified atom stereocenters. The first-order valence-electron chi connectivity index (χ1n) is 7.81. The normalized spacial score (nSPS) is 23.0. The van der Waals surface area contributed by atoms with Crippen LogP contribution in [0.25, 0.3) is 0 Å². The molecule has 0 radical (unpaired) electrons. The number of hydrogen-bond donors (Lipinski definition) is 2. The van der Waals surface area contributed by atoms with Crippen LogP contribution in [0.1, 0.15) is 51.1 Å². The Morgan fingerprint density at radius 3 is 2.67 bits per heavy atom. The van der Waals surface area contributed by atoms with Crippen LogP contribution in [-0.4, -0.2) is 24.2 Å². The summed E-state index contributed by atoms with van der Waals surface area (Å²) in [6.45, 7) is 5.14. The van der Waals surface area contributed by atoms with Gasteiger partial charge in [0.15, 0.2) is 0 Å². The lowest BCUT2D eigenvalue weighted by atomic mass is 9.90. The molecular formula is C17H26N2OS. The molecule has 0 aromatic heterocycles. The summed E-state index contributed by atoms with van der Waals surface area (Å²) in [5.74, 6) is 0.156. The van der Waals surface area contributed by atoms with Gasteiger partial charge in [-0.15, -0.1) is 11.8 Å². The summed E-state index contributed by atoms with van der Waals surface area (Å²) in [4.78, 5) is 13.9. The summed E-state index contributed by atoms with van der Waals surface area (Å²) >= 11 is 1.73. The lowest BCUT2D eigenvalue weighted by Crippen LogP contribution is -2.53. The average molecular weight is 306 g/mol. The number of amides is 1. The van der Waals surface area contributed by atoms with Crippen molar-refractivity contribution in [1.82, 2.24) is 10.6 Å². The second kappa shape index (κ2) is 7.32. The van der Waals surface area contributed by atoms with Crippen LogP contribution < -0.4 is 10.6 Å². The molecule has 0 aliphatic carbocycles. The molecule has 1 aromatic rings. The summed E-state index contributed by atoms with van der Waals surface area (Å²) < 4.78 is 0. The maximum Gasteiger partial charge on any atom is 0.240 e. The highest BCUT2D eigenvalue weighted by atomic mass is 32.2. The zero-order valence-corrected chi connectivity index (χ0v) is 14.1. The van der Waals surface area contributed by atoms with Gasteiger partial charge in [-0.3, -0.25) is 4.79 Å². The van der Waals surface area contributed by atoms with Crippen LogP contribution in [-0.2, 0) is 4.79 Å². The van der Waals surface area contributed by atoms with E-state index in [2.05, 4.69) is 55.0 Å². The number of carbonyl (C=O) groups is 1. The van der Waals surface area contributed by atoms with Crippen molar-refractivity contribution in [3.8, 4) is 0 Å². The van der Waals surface area contributed by atoms with E-state index in [1.165, 1.54) is 4.90 Å². The molecule has 1 fully saturated rings. The first kappa shape index (κ1) is 16.4. The Morgan fingerprint density at radius 2 is 2.14 bits per heavy atom. The second-order valence-electron chi connectivity index (χ2n) is 5.83. The Hall–Kier alpha value is -1.00. The van der Waals surface area contributed by atoms with Crippen molar-refractivity contribution in [3.63, 3.8) is 0 Å². The number of nitrogens with one attached hydrogen (secondary N) is 2. The number of rotatable bonds is 6. The predicted molar refractivity (Wildman–Crippen MR) is 89.7 cm³/mol. The second-order valence-corrected chi connectivity index (χ2v) is 6.71. The third kappa shape index (κ3) is 3.80. The monoisotopic (exact) mass is 306 g/mol. The van der Waals surface area contributed by atoms with E-state index < -0.39 is 0 Å². The minimum Gasteiger partial charge on any atom is -0.348 e. The molecule has 0 bridgehead atoms. The Balaban J connectivity index is 2.03. The molecule has 0 spiro atoms. The van der Waals surface area contributed by atoms with E-state index in [1.54, 1.807) is 11.8 Å². The van der Waals surface area contributed by atoms with Gasteiger partial charge in [-0.1, -0.05) is 25.5 Å². The fourth-order valence-corrected chi connectivity index (χ4v) is 3.47. The summed E-state index contributed by atoms with van der Waals surface area (Å²) in [6.07, 6.45) is 6.05. The van der Waals surface area contributed by atoms with Crippen LogP contribution >= 0.6 is 11.8 Å². The summed E-state index contributed by atoms with van der Waals surface area (Å²) in [7, 11) is 0. The SMILES string of the molecule is CCCC1(C(=O)NC(C)c2ccc(SC)cc2)CCCN1. The van der Waals surface area contributed by atoms with E-state index in [4.69, 9.17) is 0 Å². The molecule has 1 saturated heterocycles. The van der Waals surface area contributed by atoms with E-state index in [-0.39, 0.29) is 17.5 Å². The first-order valence-corrected chi connectivity index (χ1v) is 9.04. The van der Waals surface area contributed by atoms with Gasteiger partial charge in [0.05, 0.1) is 11.6 Å². The highest BCUT2D eigenvalue weighted by molar-refractivity contribution is 7.98. The van der Waals surface area contributed by atoms with Crippen LogP contribution in [0.4, 0.5) is 0 Å². The molecule has 116 valence electrons. The molecule has 1 aromatic carbocycles. The van der Waals surface area contributed by atoms with Gasteiger partial charge in [0.2, 0.25) is 5.91 Å². The van der Waals surface area contributed by atoms with Gasteiger partial charge in [0.25, 0.3) is 0 Å². The third-order valence-corrected chi connectivity index (χ3v) is 5.06. The minimum atomic E-state index is -0.345. The zero-order chi connectivity index (χ0) is 15.3. The maximum atomic E-state index is 12.7. The standard InChI is InChI=1S/C17H26N2OS/c1-4-10-17(11-5-12-18-17)16(20)19-13(2)14-6-8-15(21-3)9-7-14/h6-9,13,18H,4-5,10-12H2,1-3H3,(H,19,20). The molecule has 2 rings (SSSR count). The molecular weight excluding hydrogens is 280 g/mol. The van der Waals surface area contributed by atoms with E-state index >= 15 is 0 Å². The highest BCUT2D eigenvalue weighted by Crippen LogP contribution is 2.26. The largest absolute Gasteiger partial charge is 0.348 e. The van der Waals surface area contributed by atoms with Crippen molar-refractivity contribution in [2.24, 2.45) is 0 Å². The van der Waals surface area contributed by atoms with E-state index in [0.29, 0.717) is 0 Å². The van der Waals surface area contributed by atoms with Crippen LogP contribution in [0.3, 0.4) is 0 Å². The Morgan fingerprint density at radius 1 is 1.43 bits per heavy atom. The van der Waals surface area contributed by atoms with E-state index in [1.807, 2.05) is 0 Å². The topological polar surface area (TPSA) is 41.1 Å². The molecule has 1 heterocycles.